The van der Waals surface area contributed by atoms with E-state index in [0.29, 0.717) is 0 Å². The monoisotopic (exact) mass is 174 g/mol. The Hall–Kier alpha value is -0.260. The van der Waals surface area contributed by atoms with Crippen LogP contribution in [0.1, 0.15) is 32.6 Å². The first-order chi connectivity index (χ1) is 6.23. The predicted octanol–water partition coefficient (Wildman–Crippen LogP) is 3.24. The van der Waals surface area contributed by atoms with E-state index < -0.39 is 0 Å². The van der Waals surface area contributed by atoms with Crippen molar-refractivity contribution in [3.63, 3.8) is 0 Å². The predicted molar refractivity (Wildman–Crippen MR) is 53.2 cm³/mol. The van der Waals surface area contributed by atoms with Gasteiger partial charge in [0, 0.05) is 0 Å². The first-order valence-corrected chi connectivity index (χ1v) is 5.85. The lowest BCUT2D eigenvalue weighted by Gasteiger charge is -2.52. The van der Waals surface area contributed by atoms with Crippen LogP contribution in [0.15, 0.2) is 12.7 Å². The Bertz CT molecular complexity index is 305. The lowest BCUT2D eigenvalue weighted by atomic mass is 9.52. The molecule has 0 radical (unpaired) electrons. The smallest absolute Gasteiger partial charge is 0.0135 e. The quantitative estimate of drug-likeness (QED) is 0.535. The highest BCUT2D eigenvalue weighted by molar-refractivity contribution is 5.33. The number of allylic oxidation sites excluding steroid dienone is 1. The van der Waals surface area contributed by atoms with E-state index >= 15 is 0 Å². The highest BCUT2D eigenvalue weighted by atomic mass is 14.9. The molecule has 6 atom stereocenters. The molecule has 4 rings (SSSR count). The van der Waals surface area contributed by atoms with Gasteiger partial charge in [-0.25, -0.2) is 0 Å². The third-order valence-electron chi connectivity index (χ3n) is 6.09. The van der Waals surface area contributed by atoms with Gasteiger partial charge in [-0.2, -0.15) is 0 Å². The highest BCUT2D eigenvalue weighted by Gasteiger charge is 2.82. The molecule has 4 fully saturated rings. The van der Waals surface area contributed by atoms with Gasteiger partial charge in [-0.1, -0.05) is 13.0 Å². The van der Waals surface area contributed by atoms with E-state index in [2.05, 4.69) is 19.6 Å². The zero-order valence-electron chi connectivity index (χ0n) is 8.42. The summed E-state index contributed by atoms with van der Waals surface area (Å²) < 4.78 is 0. The van der Waals surface area contributed by atoms with Crippen molar-refractivity contribution < 1.29 is 0 Å². The van der Waals surface area contributed by atoms with E-state index in [1.807, 2.05) is 0 Å². The lowest BCUT2D eigenvalue weighted by molar-refractivity contribution is -0.0298. The fraction of sp³-hybridized carbons (Fsp3) is 0.846. The van der Waals surface area contributed by atoms with Crippen molar-refractivity contribution >= 4 is 0 Å². The number of hydrogen-bond donors (Lipinski definition) is 0. The van der Waals surface area contributed by atoms with E-state index in [4.69, 9.17) is 0 Å². The van der Waals surface area contributed by atoms with Crippen molar-refractivity contribution in [1.82, 2.24) is 0 Å². The third-order valence-corrected chi connectivity index (χ3v) is 6.09. The maximum atomic E-state index is 4.04. The minimum absolute atomic E-state index is 0.744. The molecule has 0 aliphatic heterocycles. The van der Waals surface area contributed by atoms with E-state index in [1.54, 1.807) is 12.8 Å². The maximum absolute atomic E-state index is 4.04. The van der Waals surface area contributed by atoms with Crippen molar-refractivity contribution in [3.8, 4) is 0 Å². The van der Waals surface area contributed by atoms with Crippen molar-refractivity contribution in [2.75, 3.05) is 0 Å². The maximum Gasteiger partial charge on any atom is -0.0135 e. The van der Waals surface area contributed by atoms with Crippen LogP contribution in [0.5, 0.6) is 0 Å². The summed E-state index contributed by atoms with van der Waals surface area (Å²) in [4.78, 5) is 0. The molecule has 6 unspecified atom stereocenters. The van der Waals surface area contributed by atoms with Crippen LogP contribution < -0.4 is 0 Å². The summed E-state index contributed by atoms with van der Waals surface area (Å²) in [7, 11) is 0. The SMILES string of the molecule is C=CC1C2C3CC3CC3(C)CCC123. The molecule has 4 saturated carbocycles. The molecule has 0 N–H and O–H groups in total. The normalized spacial score (nSPS) is 71.2. The minimum Gasteiger partial charge on any atom is -0.103 e. The Morgan fingerprint density at radius 2 is 2.23 bits per heavy atom. The van der Waals surface area contributed by atoms with Crippen LogP contribution >= 0.6 is 0 Å². The molecule has 0 aromatic carbocycles. The summed E-state index contributed by atoms with van der Waals surface area (Å²) in [6, 6.07) is 0. The fourth-order valence-electron chi connectivity index (χ4n) is 5.30. The van der Waals surface area contributed by atoms with Crippen molar-refractivity contribution in [3.05, 3.63) is 12.7 Å². The zero-order chi connectivity index (χ0) is 8.84. The van der Waals surface area contributed by atoms with E-state index in [-0.39, 0.29) is 0 Å². The van der Waals surface area contributed by atoms with Gasteiger partial charge in [-0.05, 0) is 60.2 Å². The molecule has 0 aromatic rings. The molecule has 0 heteroatoms. The van der Waals surface area contributed by atoms with Gasteiger partial charge in [0.05, 0.1) is 0 Å². The van der Waals surface area contributed by atoms with Gasteiger partial charge >= 0.3 is 0 Å². The molecule has 4 aliphatic rings. The van der Waals surface area contributed by atoms with Gasteiger partial charge in [-0.15, -0.1) is 6.58 Å². The van der Waals surface area contributed by atoms with Gasteiger partial charge in [0.25, 0.3) is 0 Å². The van der Waals surface area contributed by atoms with Crippen LogP contribution in [0.25, 0.3) is 0 Å². The van der Waals surface area contributed by atoms with Gasteiger partial charge < -0.3 is 0 Å². The van der Waals surface area contributed by atoms with Crippen LogP contribution in [0.4, 0.5) is 0 Å². The summed E-state index contributed by atoms with van der Waals surface area (Å²) in [5, 5.41) is 0. The van der Waals surface area contributed by atoms with Crippen LogP contribution in [0.3, 0.4) is 0 Å². The summed E-state index contributed by atoms with van der Waals surface area (Å²) >= 11 is 0. The van der Waals surface area contributed by atoms with Crippen molar-refractivity contribution in [2.24, 2.45) is 34.5 Å². The van der Waals surface area contributed by atoms with Gasteiger partial charge in [0.15, 0.2) is 0 Å². The van der Waals surface area contributed by atoms with E-state index in [9.17, 15) is 0 Å². The van der Waals surface area contributed by atoms with Crippen molar-refractivity contribution in [1.29, 1.82) is 0 Å². The molecular formula is C13H18. The molecular weight excluding hydrogens is 156 g/mol. The van der Waals surface area contributed by atoms with Gasteiger partial charge in [-0.3, -0.25) is 0 Å². The Labute approximate surface area is 80.4 Å². The molecule has 0 bridgehead atoms. The number of fused-ring (bicyclic) bond motifs is 2. The third kappa shape index (κ3) is 0.510. The molecule has 1 spiro atoms. The van der Waals surface area contributed by atoms with E-state index in [0.717, 1.165) is 34.5 Å². The summed E-state index contributed by atoms with van der Waals surface area (Å²) in [5.41, 5.74) is 1.53. The molecule has 0 saturated heterocycles. The second kappa shape index (κ2) is 1.64. The Morgan fingerprint density at radius 1 is 1.38 bits per heavy atom. The first kappa shape index (κ1) is 7.09. The van der Waals surface area contributed by atoms with Crippen LogP contribution in [0, 0.1) is 34.5 Å². The molecule has 0 heterocycles. The number of rotatable bonds is 1. The summed E-state index contributed by atoms with van der Waals surface area (Å²) in [6.45, 7) is 6.60. The second-order valence-corrected chi connectivity index (χ2v) is 6.25. The number of hydrogen-bond acceptors (Lipinski definition) is 0. The van der Waals surface area contributed by atoms with Gasteiger partial charge in [0.2, 0.25) is 0 Å². The van der Waals surface area contributed by atoms with Crippen LogP contribution in [-0.4, -0.2) is 0 Å². The Kier molecular flexibility index (Phi) is 0.894. The standard InChI is InChI=1S/C13H18/c1-3-10-11-9-6-8(9)7-12(2)4-5-13(10,11)12/h3,8-11H,1,4-7H2,2H3. The molecule has 0 amide bonds. The first-order valence-electron chi connectivity index (χ1n) is 5.85. The minimum atomic E-state index is 0.744. The molecule has 4 aliphatic carbocycles. The van der Waals surface area contributed by atoms with Crippen LogP contribution in [-0.2, 0) is 0 Å². The summed E-state index contributed by atoms with van der Waals surface area (Å²) in [5.74, 6) is 4.27. The fourth-order valence-corrected chi connectivity index (χ4v) is 5.30. The van der Waals surface area contributed by atoms with Gasteiger partial charge in [0.1, 0.15) is 0 Å². The second-order valence-electron chi connectivity index (χ2n) is 6.25. The topological polar surface area (TPSA) is 0 Å². The lowest BCUT2D eigenvalue weighted by Crippen LogP contribution is -2.44. The molecule has 13 heavy (non-hydrogen) atoms. The molecule has 0 aromatic heterocycles. The summed E-state index contributed by atoms with van der Waals surface area (Å²) in [6.07, 6.45) is 8.43. The largest absolute Gasteiger partial charge is 0.103 e. The molecule has 70 valence electrons. The van der Waals surface area contributed by atoms with Crippen molar-refractivity contribution in [2.45, 2.75) is 32.6 Å². The molecule has 0 nitrogen and oxygen atoms in total. The highest BCUT2D eigenvalue weighted by Crippen LogP contribution is 2.88. The zero-order valence-corrected chi connectivity index (χ0v) is 8.42. The van der Waals surface area contributed by atoms with Crippen LogP contribution in [0.2, 0.25) is 0 Å². The Balaban J connectivity index is 1.81. The van der Waals surface area contributed by atoms with E-state index in [1.165, 1.54) is 12.8 Å². The Morgan fingerprint density at radius 3 is 2.85 bits per heavy atom. The average Bonchev–Trinajstić information content (AvgIpc) is 2.90. The average molecular weight is 174 g/mol.